The molecular weight excluding hydrogens is 200 g/mol. The molecule has 92 valence electrons. The van der Waals surface area contributed by atoms with Gasteiger partial charge in [-0.25, -0.2) is 0 Å². The quantitative estimate of drug-likeness (QED) is 0.736. The van der Waals surface area contributed by atoms with Crippen LogP contribution >= 0.6 is 0 Å². The van der Waals surface area contributed by atoms with Gasteiger partial charge in [-0.15, -0.1) is 0 Å². The van der Waals surface area contributed by atoms with Gasteiger partial charge in [0, 0.05) is 12.5 Å². The van der Waals surface area contributed by atoms with E-state index < -0.39 is 0 Å². The van der Waals surface area contributed by atoms with E-state index in [1.807, 2.05) is 0 Å². The lowest BCUT2D eigenvalue weighted by Gasteiger charge is -2.49. The molecular formula is C14H24O2. The maximum absolute atomic E-state index is 11.8. The molecule has 1 saturated heterocycles. The molecule has 2 unspecified atom stereocenters. The molecule has 1 saturated carbocycles. The zero-order chi connectivity index (χ0) is 11.8. The summed E-state index contributed by atoms with van der Waals surface area (Å²) in [4.78, 5) is 11.8. The van der Waals surface area contributed by atoms with Crippen molar-refractivity contribution in [2.45, 2.75) is 58.5 Å². The van der Waals surface area contributed by atoms with Crippen molar-refractivity contribution >= 4 is 5.78 Å². The van der Waals surface area contributed by atoms with Crippen LogP contribution < -0.4 is 0 Å². The third-order valence-electron chi connectivity index (χ3n) is 4.49. The Labute approximate surface area is 98.7 Å². The molecule has 2 rings (SSSR count). The first-order valence-electron chi connectivity index (χ1n) is 6.68. The number of hydrogen-bond donors (Lipinski definition) is 0. The summed E-state index contributed by atoms with van der Waals surface area (Å²) in [6, 6.07) is 0. The Morgan fingerprint density at radius 3 is 2.50 bits per heavy atom. The van der Waals surface area contributed by atoms with Crippen molar-refractivity contribution in [1.82, 2.24) is 0 Å². The lowest BCUT2D eigenvalue weighted by atomic mass is 9.66. The lowest BCUT2D eigenvalue weighted by Crippen LogP contribution is -2.48. The third kappa shape index (κ3) is 2.17. The maximum atomic E-state index is 11.8. The minimum absolute atomic E-state index is 0.172. The van der Waals surface area contributed by atoms with Crippen LogP contribution in [-0.4, -0.2) is 18.0 Å². The Hall–Kier alpha value is -0.370. The van der Waals surface area contributed by atoms with Crippen LogP contribution in [0.4, 0.5) is 0 Å². The molecule has 2 nitrogen and oxygen atoms in total. The van der Waals surface area contributed by atoms with Crippen LogP contribution in [0.15, 0.2) is 0 Å². The fraction of sp³-hybridized carbons (Fsp3) is 0.929. The Balaban J connectivity index is 2.04. The number of rotatable bonds is 3. The van der Waals surface area contributed by atoms with E-state index in [4.69, 9.17) is 4.74 Å². The van der Waals surface area contributed by atoms with Gasteiger partial charge in [-0.05, 0) is 50.9 Å². The van der Waals surface area contributed by atoms with E-state index in [-0.39, 0.29) is 11.5 Å². The van der Waals surface area contributed by atoms with Crippen molar-refractivity contribution in [1.29, 1.82) is 0 Å². The maximum Gasteiger partial charge on any atom is 0.133 e. The highest BCUT2D eigenvalue weighted by Crippen LogP contribution is 2.47. The van der Waals surface area contributed by atoms with Crippen LogP contribution in [0, 0.1) is 17.8 Å². The van der Waals surface area contributed by atoms with Crippen LogP contribution in [0.5, 0.6) is 0 Å². The molecule has 2 atom stereocenters. The molecule has 2 aliphatic rings. The molecule has 0 aromatic carbocycles. The topological polar surface area (TPSA) is 26.3 Å². The number of carbonyl (C=O) groups is 1. The van der Waals surface area contributed by atoms with Crippen molar-refractivity contribution < 1.29 is 9.53 Å². The molecule has 0 N–H and O–H groups in total. The molecule has 0 aromatic heterocycles. The highest BCUT2D eigenvalue weighted by atomic mass is 16.5. The molecule has 1 heterocycles. The van der Waals surface area contributed by atoms with Gasteiger partial charge < -0.3 is 4.74 Å². The standard InChI is InChI=1S/C14H24O2/c1-10(2)13(11(3)15)12-5-8-16-14(9-12)6-4-7-14/h10,12-13H,4-9H2,1-3H3. The van der Waals surface area contributed by atoms with Gasteiger partial charge >= 0.3 is 0 Å². The second-order valence-electron chi connectivity index (χ2n) is 6.02. The van der Waals surface area contributed by atoms with E-state index in [0.717, 1.165) is 19.4 Å². The number of carbonyl (C=O) groups excluding carboxylic acids is 1. The summed E-state index contributed by atoms with van der Waals surface area (Å²) < 4.78 is 5.93. The van der Waals surface area contributed by atoms with Gasteiger partial charge in [-0.1, -0.05) is 13.8 Å². The predicted molar refractivity (Wildman–Crippen MR) is 64.3 cm³/mol. The molecule has 0 radical (unpaired) electrons. The normalized spacial score (nSPS) is 30.1. The largest absolute Gasteiger partial charge is 0.375 e. The van der Waals surface area contributed by atoms with Gasteiger partial charge in [0.2, 0.25) is 0 Å². The molecule has 0 aromatic rings. The van der Waals surface area contributed by atoms with Crippen LogP contribution in [0.3, 0.4) is 0 Å². The predicted octanol–water partition coefficient (Wildman–Crippen LogP) is 3.20. The van der Waals surface area contributed by atoms with Crippen LogP contribution in [0.1, 0.15) is 52.9 Å². The summed E-state index contributed by atoms with van der Waals surface area (Å²) in [6.45, 7) is 6.97. The van der Waals surface area contributed by atoms with E-state index in [0.29, 0.717) is 17.6 Å². The Kier molecular flexibility index (Phi) is 3.39. The van der Waals surface area contributed by atoms with Gasteiger partial charge in [0.25, 0.3) is 0 Å². The molecule has 2 fully saturated rings. The molecule has 1 aliphatic carbocycles. The van der Waals surface area contributed by atoms with Crippen molar-refractivity contribution in [3.05, 3.63) is 0 Å². The second kappa shape index (κ2) is 4.48. The van der Waals surface area contributed by atoms with Gasteiger partial charge in [0.15, 0.2) is 0 Å². The van der Waals surface area contributed by atoms with Crippen LogP contribution in [0.2, 0.25) is 0 Å². The average molecular weight is 224 g/mol. The summed E-state index contributed by atoms with van der Waals surface area (Å²) >= 11 is 0. The Bertz CT molecular complexity index is 266. The summed E-state index contributed by atoms with van der Waals surface area (Å²) in [7, 11) is 0. The smallest absolute Gasteiger partial charge is 0.133 e. The average Bonchev–Trinajstić information content (AvgIpc) is 2.14. The summed E-state index contributed by atoms with van der Waals surface area (Å²) in [5, 5.41) is 0. The zero-order valence-corrected chi connectivity index (χ0v) is 10.8. The van der Waals surface area contributed by atoms with Crippen molar-refractivity contribution in [3.63, 3.8) is 0 Å². The molecule has 0 bridgehead atoms. The molecule has 16 heavy (non-hydrogen) atoms. The third-order valence-corrected chi connectivity index (χ3v) is 4.49. The number of ketones is 1. The Morgan fingerprint density at radius 1 is 1.38 bits per heavy atom. The highest BCUT2D eigenvalue weighted by Gasteiger charge is 2.45. The molecule has 2 heteroatoms. The van der Waals surface area contributed by atoms with Gasteiger partial charge in [0.1, 0.15) is 5.78 Å². The van der Waals surface area contributed by atoms with E-state index in [1.165, 1.54) is 19.3 Å². The first-order valence-corrected chi connectivity index (χ1v) is 6.68. The lowest BCUT2D eigenvalue weighted by molar-refractivity contribution is -0.156. The summed E-state index contributed by atoms with van der Waals surface area (Å²) in [5.41, 5.74) is 0.172. The fourth-order valence-electron chi connectivity index (χ4n) is 3.64. The Morgan fingerprint density at radius 2 is 2.06 bits per heavy atom. The molecule has 1 aliphatic heterocycles. The minimum atomic E-state index is 0.172. The van der Waals surface area contributed by atoms with E-state index >= 15 is 0 Å². The van der Waals surface area contributed by atoms with Crippen molar-refractivity contribution in [3.8, 4) is 0 Å². The molecule has 0 amide bonds. The first kappa shape index (κ1) is 12.1. The van der Waals surface area contributed by atoms with Gasteiger partial charge in [0.05, 0.1) is 5.60 Å². The fourth-order valence-corrected chi connectivity index (χ4v) is 3.64. The van der Waals surface area contributed by atoms with Gasteiger partial charge in [-0.3, -0.25) is 4.79 Å². The minimum Gasteiger partial charge on any atom is -0.375 e. The monoisotopic (exact) mass is 224 g/mol. The van der Waals surface area contributed by atoms with Crippen molar-refractivity contribution in [2.24, 2.45) is 17.8 Å². The SMILES string of the molecule is CC(=O)C(C(C)C)C1CCOC2(CCC2)C1. The van der Waals surface area contributed by atoms with E-state index in [1.54, 1.807) is 6.92 Å². The number of hydrogen-bond acceptors (Lipinski definition) is 2. The molecule has 1 spiro atoms. The highest BCUT2D eigenvalue weighted by molar-refractivity contribution is 5.78. The number of ether oxygens (including phenoxy) is 1. The zero-order valence-electron chi connectivity index (χ0n) is 10.8. The van der Waals surface area contributed by atoms with E-state index in [2.05, 4.69) is 13.8 Å². The first-order chi connectivity index (χ1) is 7.54. The summed E-state index contributed by atoms with van der Waals surface area (Å²) in [5.74, 6) is 1.65. The number of Topliss-reactive ketones (excluding diaryl/α,β-unsaturated/α-hetero) is 1. The van der Waals surface area contributed by atoms with Crippen LogP contribution in [-0.2, 0) is 9.53 Å². The second-order valence-corrected chi connectivity index (χ2v) is 6.02. The van der Waals surface area contributed by atoms with Crippen molar-refractivity contribution in [2.75, 3.05) is 6.61 Å². The van der Waals surface area contributed by atoms with E-state index in [9.17, 15) is 4.79 Å². The summed E-state index contributed by atoms with van der Waals surface area (Å²) in [6.07, 6.45) is 5.93. The van der Waals surface area contributed by atoms with Gasteiger partial charge in [-0.2, -0.15) is 0 Å². The van der Waals surface area contributed by atoms with Crippen LogP contribution in [0.25, 0.3) is 0 Å².